The zero-order chi connectivity index (χ0) is 24.3. The van der Waals surface area contributed by atoms with Crippen LogP contribution in [0.4, 0.5) is 4.79 Å². The fourth-order valence-corrected chi connectivity index (χ4v) is 4.43. The van der Waals surface area contributed by atoms with Crippen LogP contribution in [-0.4, -0.2) is 71.4 Å². The number of likely N-dealkylation sites (tertiary alicyclic amines) is 1. The summed E-state index contributed by atoms with van der Waals surface area (Å²) in [6, 6.07) is 2.03. The van der Waals surface area contributed by atoms with Gasteiger partial charge in [-0.1, -0.05) is 0 Å². The molecule has 1 saturated heterocycles. The first-order chi connectivity index (χ1) is 16.2. The first-order valence-electron chi connectivity index (χ1n) is 12.1. The van der Waals surface area contributed by atoms with Gasteiger partial charge in [-0.3, -0.25) is 0 Å². The Morgan fingerprint density at radius 1 is 1.18 bits per heavy atom. The van der Waals surface area contributed by atoms with E-state index >= 15 is 0 Å². The number of amides is 1. The van der Waals surface area contributed by atoms with Crippen LogP contribution in [-0.2, 0) is 22.3 Å². The minimum Gasteiger partial charge on any atom is -0.481 e. The van der Waals surface area contributed by atoms with Crippen LogP contribution >= 0.6 is 0 Å². The highest BCUT2D eigenvalue weighted by Gasteiger charge is 2.28. The number of aromatic nitrogens is 3. The Hall–Kier alpha value is -2.81. The average molecular weight is 473 g/mol. The molecule has 0 atom stereocenters. The van der Waals surface area contributed by atoms with Crippen molar-refractivity contribution in [3.63, 3.8) is 0 Å². The molecular formula is C25H36N4O5. The number of piperidine rings is 1. The normalized spacial score (nSPS) is 17.1. The Morgan fingerprint density at radius 3 is 2.59 bits per heavy atom. The molecule has 0 aliphatic carbocycles. The van der Waals surface area contributed by atoms with E-state index in [0.29, 0.717) is 50.6 Å². The number of nitrogens with zero attached hydrogens (tertiary/aromatic N) is 4. The molecule has 0 bridgehead atoms. The standard InChI is InChI=1S/C25H36N4O5/c1-17-14-19(15-26-22(17)31-5)29-21-9-13-32-12-8-20(21)23(27-29)33-16-18-6-10-28(11-7-18)24(30)34-25(2,3)4/h14-15,18H,6-13,16H2,1-5H3. The highest BCUT2D eigenvalue weighted by Crippen LogP contribution is 2.30. The van der Waals surface area contributed by atoms with E-state index in [9.17, 15) is 4.79 Å². The molecule has 0 saturated carbocycles. The molecule has 4 heterocycles. The summed E-state index contributed by atoms with van der Waals surface area (Å²) in [5.41, 5.74) is 3.58. The molecule has 186 valence electrons. The number of fused-ring (bicyclic) bond motifs is 1. The van der Waals surface area contributed by atoms with E-state index in [0.717, 1.165) is 48.2 Å². The van der Waals surface area contributed by atoms with Crippen LogP contribution in [0, 0.1) is 12.8 Å². The largest absolute Gasteiger partial charge is 0.481 e. The summed E-state index contributed by atoms with van der Waals surface area (Å²) < 4.78 is 24.8. The van der Waals surface area contributed by atoms with Crippen molar-refractivity contribution in [2.75, 3.05) is 40.0 Å². The maximum atomic E-state index is 12.3. The lowest BCUT2D eigenvalue weighted by atomic mass is 9.98. The summed E-state index contributed by atoms with van der Waals surface area (Å²) in [5.74, 6) is 1.65. The van der Waals surface area contributed by atoms with Gasteiger partial charge >= 0.3 is 6.09 Å². The van der Waals surface area contributed by atoms with Gasteiger partial charge in [0.15, 0.2) is 0 Å². The van der Waals surface area contributed by atoms with Gasteiger partial charge < -0.3 is 23.8 Å². The SMILES string of the molecule is COc1ncc(-n2nc(OCC3CCN(C(=O)OC(C)(C)C)CC3)c3c2CCOCC3)cc1C. The fourth-order valence-electron chi connectivity index (χ4n) is 4.43. The number of hydrogen-bond donors (Lipinski definition) is 0. The number of ether oxygens (including phenoxy) is 4. The number of aryl methyl sites for hydroxylation is 1. The van der Waals surface area contributed by atoms with Gasteiger partial charge in [0.05, 0.1) is 44.5 Å². The number of hydrogen-bond acceptors (Lipinski definition) is 7. The molecule has 0 radical (unpaired) electrons. The molecule has 0 aromatic carbocycles. The summed E-state index contributed by atoms with van der Waals surface area (Å²) in [5, 5.41) is 4.84. The van der Waals surface area contributed by atoms with E-state index in [4.69, 9.17) is 24.0 Å². The lowest BCUT2D eigenvalue weighted by Crippen LogP contribution is -2.42. The number of rotatable bonds is 5. The van der Waals surface area contributed by atoms with E-state index in [2.05, 4.69) is 4.98 Å². The van der Waals surface area contributed by atoms with Gasteiger partial charge in [-0.05, 0) is 52.5 Å². The van der Waals surface area contributed by atoms with Crippen molar-refractivity contribution in [3.05, 3.63) is 29.1 Å². The van der Waals surface area contributed by atoms with Crippen molar-refractivity contribution in [1.82, 2.24) is 19.7 Å². The summed E-state index contributed by atoms with van der Waals surface area (Å²) in [7, 11) is 1.62. The molecular weight excluding hydrogens is 436 g/mol. The van der Waals surface area contributed by atoms with Gasteiger partial charge in [0.2, 0.25) is 11.8 Å². The maximum absolute atomic E-state index is 12.3. The van der Waals surface area contributed by atoms with Crippen molar-refractivity contribution in [2.45, 2.75) is 59.0 Å². The Balaban J connectivity index is 1.44. The second-order valence-electron chi connectivity index (χ2n) is 10.00. The summed E-state index contributed by atoms with van der Waals surface area (Å²) >= 11 is 0. The van der Waals surface area contributed by atoms with E-state index < -0.39 is 5.60 Å². The number of carbonyl (C=O) groups excluding carboxylic acids is 1. The van der Waals surface area contributed by atoms with Crippen LogP contribution in [0.15, 0.2) is 12.3 Å². The van der Waals surface area contributed by atoms with Gasteiger partial charge in [-0.15, -0.1) is 5.10 Å². The average Bonchev–Trinajstić information content (AvgIpc) is 2.96. The monoisotopic (exact) mass is 472 g/mol. The Morgan fingerprint density at radius 2 is 1.91 bits per heavy atom. The topological polar surface area (TPSA) is 87.9 Å². The van der Waals surface area contributed by atoms with Crippen LogP contribution in [0.1, 0.15) is 50.4 Å². The Kier molecular flexibility index (Phi) is 7.30. The Bertz CT molecular complexity index is 1010. The summed E-state index contributed by atoms with van der Waals surface area (Å²) in [6.07, 6.45) is 4.84. The van der Waals surface area contributed by atoms with Gasteiger partial charge in [-0.25, -0.2) is 14.5 Å². The second kappa shape index (κ2) is 10.2. The zero-order valence-corrected chi connectivity index (χ0v) is 20.9. The molecule has 4 rings (SSSR count). The number of carbonyl (C=O) groups is 1. The molecule has 34 heavy (non-hydrogen) atoms. The van der Waals surface area contributed by atoms with Crippen molar-refractivity contribution >= 4 is 6.09 Å². The van der Waals surface area contributed by atoms with Gasteiger partial charge in [0.1, 0.15) is 5.60 Å². The third-order valence-electron chi connectivity index (χ3n) is 6.21. The third kappa shape index (κ3) is 5.63. The Labute approximate surface area is 201 Å². The molecule has 2 aromatic rings. The lowest BCUT2D eigenvalue weighted by Gasteiger charge is -2.33. The molecule has 0 N–H and O–H groups in total. The summed E-state index contributed by atoms with van der Waals surface area (Å²) in [6.45, 7) is 10.9. The van der Waals surface area contributed by atoms with Crippen LogP contribution in [0.3, 0.4) is 0 Å². The molecule has 2 aliphatic heterocycles. The van der Waals surface area contributed by atoms with Gasteiger partial charge in [0.25, 0.3) is 0 Å². The van der Waals surface area contributed by atoms with E-state index in [-0.39, 0.29) is 6.09 Å². The van der Waals surface area contributed by atoms with Crippen molar-refractivity contribution in [3.8, 4) is 17.4 Å². The molecule has 0 spiro atoms. The van der Waals surface area contributed by atoms with Crippen molar-refractivity contribution in [2.24, 2.45) is 5.92 Å². The molecule has 1 fully saturated rings. The van der Waals surface area contributed by atoms with Crippen molar-refractivity contribution < 1.29 is 23.7 Å². The predicted octanol–water partition coefficient (Wildman–Crippen LogP) is 3.73. The molecule has 2 aliphatic rings. The molecule has 9 nitrogen and oxygen atoms in total. The molecule has 9 heteroatoms. The quantitative estimate of drug-likeness (QED) is 0.655. The van der Waals surface area contributed by atoms with Crippen LogP contribution in [0.25, 0.3) is 5.69 Å². The third-order valence-corrected chi connectivity index (χ3v) is 6.21. The molecule has 0 unspecified atom stereocenters. The van der Waals surface area contributed by atoms with Crippen molar-refractivity contribution in [1.29, 1.82) is 0 Å². The van der Waals surface area contributed by atoms with E-state index in [1.54, 1.807) is 18.2 Å². The molecule has 1 amide bonds. The van der Waals surface area contributed by atoms with Gasteiger partial charge in [0, 0.05) is 37.1 Å². The van der Waals surface area contributed by atoms with E-state index in [1.165, 1.54) is 0 Å². The highest BCUT2D eigenvalue weighted by atomic mass is 16.6. The first kappa shape index (κ1) is 24.3. The van der Waals surface area contributed by atoms with E-state index in [1.807, 2.05) is 38.4 Å². The maximum Gasteiger partial charge on any atom is 0.410 e. The summed E-state index contributed by atoms with van der Waals surface area (Å²) in [4.78, 5) is 18.5. The van der Waals surface area contributed by atoms with Crippen LogP contribution in [0.2, 0.25) is 0 Å². The fraction of sp³-hybridized carbons (Fsp3) is 0.640. The van der Waals surface area contributed by atoms with Crippen LogP contribution in [0.5, 0.6) is 11.8 Å². The molecule has 2 aromatic heterocycles. The number of methoxy groups -OCH3 is 1. The first-order valence-corrected chi connectivity index (χ1v) is 12.1. The van der Waals surface area contributed by atoms with Crippen LogP contribution < -0.4 is 9.47 Å². The minimum atomic E-state index is -0.477. The number of pyridine rings is 1. The van der Waals surface area contributed by atoms with Gasteiger partial charge in [-0.2, -0.15) is 0 Å². The zero-order valence-electron chi connectivity index (χ0n) is 20.9. The smallest absolute Gasteiger partial charge is 0.410 e. The highest BCUT2D eigenvalue weighted by molar-refractivity contribution is 5.68. The second-order valence-corrected chi connectivity index (χ2v) is 10.00. The predicted molar refractivity (Wildman–Crippen MR) is 127 cm³/mol. The minimum absolute atomic E-state index is 0.237. The lowest BCUT2D eigenvalue weighted by molar-refractivity contribution is 0.0164.